The van der Waals surface area contributed by atoms with Crippen molar-refractivity contribution in [3.05, 3.63) is 59.7 Å². The number of hydrogen-bond acceptors (Lipinski definition) is 5. The number of carbonyl (C=O) groups excluding carboxylic acids is 3. The Hall–Kier alpha value is -3.04. The van der Waals surface area contributed by atoms with Crippen LogP contribution in [0.4, 0.5) is 5.69 Å². The average molecular weight is 415 g/mol. The number of benzene rings is 2. The molecule has 0 saturated heterocycles. The van der Waals surface area contributed by atoms with Gasteiger partial charge in [-0.05, 0) is 36.8 Å². The zero-order valence-electron chi connectivity index (χ0n) is 16.1. The fourth-order valence-corrected chi connectivity index (χ4v) is 3.96. The van der Waals surface area contributed by atoms with Gasteiger partial charge in [-0.1, -0.05) is 18.2 Å². The van der Waals surface area contributed by atoms with E-state index in [0.717, 1.165) is 9.21 Å². The Kier molecular flexibility index (Phi) is 5.81. The summed E-state index contributed by atoms with van der Waals surface area (Å²) in [5.41, 5.74) is 1.11. The summed E-state index contributed by atoms with van der Waals surface area (Å²) in [6.45, 7) is 0.134. The highest BCUT2D eigenvalue weighted by molar-refractivity contribution is 7.89. The van der Waals surface area contributed by atoms with Crippen LogP contribution in [-0.2, 0) is 14.8 Å². The van der Waals surface area contributed by atoms with Crippen LogP contribution < -0.4 is 5.32 Å². The lowest BCUT2D eigenvalue weighted by Gasteiger charge is -2.14. The fraction of sp³-hybridized carbons (Fsp3) is 0.250. The predicted molar refractivity (Wildman–Crippen MR) is 107 cm³/mol. The Balaban J connectivity index is 1.57. The molecule has 1 N–H and O–H groups in total. The first-order valence-electron chi connectivity index (χ1n) is 8.99. The molecule has 8 nitrogen and oxygen atoms in total. The second-order valence-electron chi connectivity index (χ2n) is 6.77. The van der Waals surface area contributed by atoms with Crippen molar-refractivity contribution in [2.24, 2.45) is 0 Å². The molecule has 0 aliphatic carbocycles. The lowest BCUT2D eigenvalue weighted by Crippen LogP contribution is -2.31. The van der Waals surface area contributed by atoms with Crippen LogP contribution in [0.25, 0.3) is 0 Å². The van der Waals surface area contributed by atoms with Crippen LogP contribution in [-0.4, -0.2) is 56.0 Å². The standard InChI is InChI=1S/C20H21N3O5S/c1-22(2)29(27,28)15-8-5-7-14(13-15)21-18(24)11-6-12-23-19(25)16-9-3-4-10-17(16)20(23)26/h3-5,7-10,13H,6,11-12H2,1-2H3,(H,21,24). The third-order valence-corrected chi connectivity index (χ3v) is 6.37. The molecule has 0 unspecified atom stereocenters. The topological polar surface area (TPSA) is 104 Å². The summed E-state index contributed by atoms with van der Waals surface area (Å²) < 4.78 is 25.5. The van der Waals surface area contributed by atoms with E-state index in [1.165, 1.54) is 26.2 Å². The minimum absolute atomic E-state index is 0.0753. The van der Waals surface area contributed by atoms with Gasteiger partial charge in [0, 0.05) is 32.7 Å². The number of nitrogens with one attached hydrogen (secondary N) is 1. The van der Waals surface area contributed by atoms with Crippen molar-refractivity contribution in [2.75, 3.05) is 26.0 Å². The summed E-state index contributed by atoms with van der Waals surface area (Å²) in [6.07, 6.45) is 0.380. The maximum atomic E-state index is 12.3. The van der Waals surface area contributed by atoms with Crippen LogP contribution in [0.15, 0.2) is 53.4 Å². The number of sulfonamides is 1. The highest BCUT2D eigenvalue weighted by Crippen LogP contribution is 2.23. The zero-order chi connectivity index (χ0) is 21.2. The molecule has 1 aliphatic heterocycles. The van der Waals surface area contributed by atoms with Gasteiger partial charge in [-0.2, -0.15) is 0 Å². The van der Waals surface area contributed by atoms with E-state index in [4.69, 9.17) is 0 Å². The van der Waals surface area contributed by atoms with Gasteiger partial charge in [0.2, 0.25) is 15.9 Å². The monoisotopic (exact) mass is 415 g/mol. The van der Waals surface area contributed by atoms with Gasteiger partial charge >= 0.3 is 0 Å². The molecule has 0 aromatic heterocycles. The number of fused-ring (bicyclic) bond motifs is 1. The Morgan fingerprint density at radius 3 is 2.21 bits per heavy atom. The Morgan fingerprint density at radius 1 is 1.00 bits per heavy atom. The highest BCUT2D eigenvalue weighted by atomic mass is 32.2. The minimum atomic E-state index is -3.60. The van der Waals surface area contributed by atoms with Crippen LogP contribution in [0, 0.1) is 0 Å². The molecule has 0 radical (unpaired) electrons. The molecule has 3 amide bonds. The van der Waals surface area contributed by atoms with Crippen LogP contribution >= 0.6 is 0 Å². The van der Waals surface area contributed by atoms with Crippen molar-refractivity contribution in [2.45, 2.75) is 17.7 Å². The van der Waals surface area contributed by atoms with Crippen LogP contribution in [0.3, 0.4) is 0 Å². The predicted octanol–water partition coefficient (Wildman–Crippen LogP) is 1.95. The SMILES string of the molecule is CN(C)S(=O)(=O)c1cccc(NC(=O)CCCN2C(=O)c3ccccc3C2=O)c1. The van der Waals surface area contributed by atoms with Gasteiger partial charge < -0.3 is 5.32 Å². The molecule has 152 valence electrons. The summed E-state index contributed by atoms with van der Waals surface area (Å²) in [7, 11) is -0.741. The molecule has 0 spiro atoms. The summed E-state index contributed by atoms with van der Waals surface area (Å²) in [5.74, 6) is -1.04. The highest BCUT2D eigenvalue weighted by Gasteiger charge is 2.34. The number of anilines is 1. The van der Waals surface area contributed by atoms with E-state index in [1.54, 1.807) is 36.4 Å². The van der Waals surface area contributed by atoms with E-state index in [2.05, 4.69) is 5.32 Å². The Morgan fingerprint density at radius 2 is 1.62 bits per heavy atom. The largest absolute Gasteiger partial charge is 0.326 e. The first-order valence-corrected chi connectivity index (χ1v) is 10.4. The molecular formula is C20H21N3O5S. The van der Waals surface area contributed by atoms with Gasteiger partial charge in [-0.3, -0.25) is 19.3 Å². The van der Waals surface area contributed by atoms with Gasteiger partial charge in [0.05, 0.1) is 16.0 Å². The molecule has 0 saturated carbocycles. The third kappa shape index (κ3) is 4.20. The molecule has 1 heterocycles. The average Bonchev–Trinajstić information content (AvgIpc) is 2.93. The second-order valence-corrected chi connectivity index (χ2v) is 8.93. The van der Waals surface area contributed by atoms with E-state index in [9.17, 15) is 22.8 Å². The van der Waals surface area contributed by atoms with Gasteiger partial charge in [0.15, 0.2) is 0 Å². The molecular weight excluding hydrogens is 394 g/mol. The third-order valence-electron chi connectivity index (χ3n) is 4.56. The molecule has 0 bridgehead atoms. The smallest absolute Gasteiger partial charge is 0.261 e. The van der Waals surface area contributed by atoms with Crippen molar-refractivity contribution in [1.29, 1.82) is 0 Å². The molecule has 0 fully saturated rings. The van der Waals surface area contributed by atoms with Crippen LogP contribution in [0.1, 0.15) is 33.6 Å². The van der Waals surface area contributed by atoms with Gasteiger partial charge in [-0.15, -0.1) is 0 Å². The lowest BCUT2D eigenvalue weighted by atomic mass is 10.1. The van der Waals surface area contributed by atoms with Crippen molar-refractivity contribution >= 4 is 33.4 Å². The molecule has 2 aromatic carbocycles. The zero-order valence-corrected chi connectivity index (χ0v) is 16.9. The van der Waals surface area contributed by atoms with E-state index < -0.39 is 10.0 Å². The number of hydrogen-bond donors (Lipinski definition) is 1. The van der Waals surface area contributed by atoms with Crippen molar-refractivity contribution in [3.63, 3.8) is 0 Å². The quantitative estimate of drug-likeness (QED) is 0.696. The molecule has 29 heavy (non-hydrogen) atoms. The summed E-state index contributed by atoms with van der Waals surface area (Å²) in [5, 5.41) is 2.65. The molecule has 3 rings (SSSR count). The molecule has 9 heteroatoms. The van der Waals surface area contributed by atoms with Gasteiger partial charge in [-0.25, -0.2) is 12.7 Å². The number of imide groups is 1. The first-order chi connectivity index (χ1) is 13.7. The van der Waals surface area contributed by atoms with Crippen molar-refractivity contribution < 1.29 is 22.8 Å². The maximum absolute atomic E-state index is 12.3. The number of amides is 3. The molecule has 0 atom stereocenters. The normalized spacial score (nSPS) is 13.7. The van der Waals surface area contributed by atoms with E-state index in [-0.39, 0.29) is 35.6 Å². The first kappa shape index (κ1) is 20.7. The Labute approximate surface area is 169 Å². The van der Waals surface area contributed by atoms with Crippen molar-refractivity contribution in [3.8, 4) is 0 Å². The van der Waals surface area contributed by atoms with E-state index in [1.807, 2.05) is 0 Å². The number of rotatable bonds is 7. The number of carbonyl (C=O) groups is 3. The van der Waals surface area contributed by atoms with E-state index in [0.29, 0.717) is 23.2 Å². The lowest BCUT2D eigenvalue weighted by molar-refractivity contribution is -0.116. The fourth-order valence-electron chi connectivity index (χ4n) is 3.01. The number of nitrogens with zero attached hydrogens (tertiary/aromatic N) is 2. The van der Waals surface area contributed by atoms with E-state index >= 15 is 0 Å². The molecule has 1 aliphatic rings. The van der Waals surface area contributed by atoms with Gasteiger partial charge in [0.25, 0.3) is 11.8 Å². The van der Waals surface area contributed by atoms with Crippen molar-refractivity contribution in [1.82, 2.24) is 9.21 Å². The summed E-state index contributed by atoms with van der Waals surface area (Å²) in [4.78, 5) is 38.0. The van der Waals surface area contributed by atoms with Crippen LogP contribution in [0.2, 0.25) is 0 Å². The Bertz CT molecular complexity index is 1040. The van der Waals surface area contributed by atoms with Crippen LogP contribution in [0.5, 0.6) is 0 Å². The minimum Gasteiger partial charge on any atom is -0.326 e. The maximum Gasteiger partial charge on any atom is 0.261 e. The summed E-state index contributed by atoms with van der Waals surface area (Å²) >= 11 is 0. The summed E-state index contributed by atoms with van der Waals surface area (Å²) in [6, 6.07) is 12.6. The molecule has 2 aromatic rings. The van der Waals surface area contributed by atoms with Gasteiger partial charge in [0.1, 0.15) is 0 Å². The second kappa shape index (κ2) is 8.14.